The van der Waals surface area contributed by atoms with Crippen molar-refractivity contribution in [3.63, 3.8) is 0 Å². The van der Waals surface area contributed by atoms with Gasteiger partial charge in [-0.1, -0.05) is 0 Å². The van der Waals surface area contributed by atoms with Crippen molar-refractivity contribution >= 4 is 17.5 Å². The van der Waals surface area contributed by atoms with Gasteiger partial charge in [-0.3, -0.25) is 9.59 Å². The maximum atomic E-state index is 12.5. The number of ether oxygens (including phenoxy) is 3. The van der Waals surface area contributed by atoms with E-state index < -0.39 is 17.2 Å². The molecule has 1 atom stereocenters. The quantitative estimate of drug-likeness (QED) is 0.564. The maximum Gasteiger partial charge on any atom is 0.319 e. The van der Waals surface area contributed by atoms with Crippen molar-refractivity contribution in [2.75, 3.05) is 19.8 Å². The molecule has 1 aliphatic carbocycles. The molecule has 118 valence electrons. The first-order chi connectivity index (χ1) is 9.94. The summed E-state index contributed by atoms with van der Waals surface area (Å²) in [5.41, 5.74) is -1.32. The highest BCUT2D eigenvalue weighted by Gasteiger charge is 2.57. The highest BCUT2D eigenvalue weighted by atomic mass is 16.7. The summed E-state index contributed by atoms with van der Waals surface area (Å²) >= 11 is 0. The number of ketones is 2. The molecule has 0 unspecified atom stereocenters. The minimum Gasteiger partial charge on any atom is -0.465 e. The van der Waals surface area contributed by atoms with E-state index in [1.165, 1.54) is 6.92 Å². The molecule has 6 nitrogen and oxygen atoms in total. The molecule has 0 aromatic carbocycles. The predicted molar refractivity (Wildman–Crippen MR) is 72.5 cm³/mol. The minimum atomic E-state index is -1.32. The molecule has 0 aromatic rings. The fourth-order valence-corrected chi connectivity index (χ4v) is 3.11. The number of esters is 1. The van der Waals surface area contributed by atoms with Crippen molar-refractivity contribution in [1.29, 1.82) is 0 Å². The molecular weight excluding hydrogens is 276 g/mol. The Morgan fingerprint density at radius 3 is 2.52 bits per heavy atom. The second-order valence-corrected chi connectivity index (χ2v) is 5.71. The smallest absolute Gasteiger partial charge is 0.319 e. The summed E-state index contributed by atoms with van der Waals surface area (Å²) in [5.74, 6) is -1.67. The molecule has 1 saturated carbocycles. The molecule has 0 N–H and O–H groups in total. The lowest BCUT2D eigenvalue weighted by molar-refractivity contribution is -0.210. The molecule has 1 saturated heterocycles. The molecule has 0 bridgehead atoms. The Kier molecular flexibility index (Phi) is 4.78. The molecule has 21 heavy (non-hydrogen) atoms. The maximum absolute atomic E-state index is 12.5. The van der Waals surface area contributed by atoms with Crippen molar-refractivity contribution in [2.45, 2.75) is 51.7 Å². The van der Waals surface area contributed by atoms with Crippen LogP contribution < -0.4 is 0 Å². The highest BCUT2D eigenvalue weighted by molar-refractivity contribution is 6.04. The SMILES string of the molecule is CCOC(=O)[C@@]1(CCC(C)=O)CC2(CCC1=O)OCCO2. The molecule has 1 spiro atoms. The average Bonchev–Trinajstić information content (AvgIpc) is 2.89. The molecule has 2 rings (SSSR count). The second-order valence-electron chi connectivity index (χ2n) is 5.71. The fraction of sp³-hybridized carbons (Fsp3) is 0.800. The van der Waals surface area contributed by atoms with E-state index in [0.29, 0.717) is 19.6 Å². The number of carbonyl (C=O) groups excluding carboxylic acids is 3. The zero-order valence-corrected chi connectivity index (χ0v) is 12.6. The summed E-state index contributed by atoms with van der Waals surface area (Å²) < 4.78 is 16.4. The average molecular weight is 298 g/mol. The first-order valence-corrected chi connectivity index (χ1v) is 7.42. The van der Waals surface area contributed by atoms with Gasteiger partial charge in [0, 0.05) is 25.7 Å². The summed E-state index contributed by atoms with van der Waals surface area (Å²) in [6.07, 6.45) is 1.13. The van der Waals surface area contributed by atoms with E-state index in [1.54, 1.807) is 6.92 Å². The van der Waals surface area contributed by atoms with Gasteiger partial charge in [0.2, 0.25) is 0 Å². The molecule has 2 fully saturated rings. The zero-order valence-electron chi connectivity index (χ0n) is 12.6. The van der Waals surface area contributed by atoms with E-state index in [2.05, 4.69) is 0 Å². The lowest BCUT2D eigenvalue weighted by Gasteiger charge is -2.41. The number of carbonyl (C=O) groups is 3. The molecule has 1 aliphatic heterocycles. The van der Waals surface area contributed by atoms with E-state index in [1.807, 2.05) is 0 Å². The first kappa shape index (κ1) is 16.1. The molecule has 0 aromatic heterocycles. The van der Waals surface area contributed by atoms with Gasteiger partial charge in [-0.15, -0.1) is 0 Å². The topological polar surface area (TPSA) is 78.9 Å². The van der Waals surface area contributed by atoms with E-state index in [0.717, 1.165) is 0 Å². The fourth-order valence-electron chi connectivity index (χ4n) is 3.11. The van der Waals surface area contributed by atoms with Crippen molar-refractivity contribution in [1.82, 2.24) is 0 Å². The van der Waals surface area contributed by atoms with E-state index in [-0.39, 0.29) is 43.9 Å². The van der Waals surface area contributed by atoms with Gasteiger partial charge in [-0.25, -0.2) is 0 Å². The number of hydrogen-bond donors (Lipinski definition) is 0. The van der Waals surface area contributed by atoms with Gasteiger partial charge in [0.05, 0.1) is 19.8 Å². The van der Waals surface area contributed by atoms with Crippen LogP contribution in [0.5, 0.6) is 0 Å². The summed E-state index contributed by atoms with van der Waals surface area (Å²) in [4.78, 5) is 36.2. The van der Waals surface area contributed by atoms with Crippen LogP contribution in [0.25, 0.3) is 0 Å². The monoisotopic (exact) mass is 298 g/mol. The zero-order chi connectivity index (χ0) is 15.5. The van der Waals surface area contributed by atoms with Crippen LogP contribution in [-0.2, 0) is 28.6 Å². The van der Waals surface area contributed by atoms with Crippen LogP contribution in [0.15, 0.2) is 0 Å². The Morgan fingerprint density at radius 2 is 1.95 bits per heavy atom. The van der Waals surface area contributed by atoms with Gasteiger partial charge < -0.3 is 19.0 Å². The Bertz CT molecular complexity index is 437. The lowest BCUT2D eigenvalue weighted by atomic mass is 9.67. The van der Waals surface area contributed by atoms with Crippen molar-refractivity contribution in [3.05, 3.63) is 0 Å². The Morgan fingerprint density at radius 1 is 1.29 bits per heavy atom. The third-order valence-corrected chi connectivity index (χ3v) is 4.22. The Hall–Kier alpha value is -1.27. The molecule has 6 heteroatoms. The second kappa shape index (κ2) is 6.23. The van der Waals surface area contributed by atoms with Crippen molar-refractivity contribution < 1.29 is 28.6 Å². The molecule has 0 radical (unpaired) electrons. The number of rotatable bonds is 5. The van der Waals surface area contributed by atoms with Gasteiger partial charge in [0.15, 0.2) is 11.6 Å². The molecule has 2 aliphatic rings. The summed E-state index contributed by atoms with van der Waals surface area (Å²) in [6, 6.07) is 0. The van der Waals surface area contributed by atoms with Crippen LogP contribution in [0.3, 0.4) is 0 Å². The normalized spacial score (nSPS) is 27.8. The van der Waals surface area contributed by atoms with Crippen LogP contribution in [0.4, 0.5) is 0 Å². The highest BCUT2D eigenvalue weighted by Crippen LogP contribution is 2.47. The van der Waals surface area contributed by atoms with Crippen LogP contribution in [-0.4, -0.2) is 43.1 Å². The molecular formula is C15H22O6. The lowest BCUT2D eigenvalue weighted by Crippen LogP contribution is -2.52. The third-order valence-electron chi connectivity index (χ3n) is 4.22. The van der Waals surface area contributed by atoms with Crippen LogP contribution in [0.1, 0.15) is 46.0 Å². The summed E-state index contributed by atoms with van der Waals surface area (Å²) in [7, 11) is 0. The largest absolute Gasteiger partial charge is 0.465 e. The van der Waals surface area contributed by atoms with Crippen LogP contribution in [0, 0.1) is 5.41 Å². The van der Waals surface area contributed by atoms with E-state index in [9.17, 15) is 14.4 Å². The van der Waals surface area contributed by atoms with Crippen LogP contribution >= 0.6 is 0 Å². The van der Waals surface area contributed by atoms with Gasteiger partial charge in [-0.05, 0) is 20.3 Å². The van der Waals surface area contributed by atoms with Gasteiger partial charge in [-0.2, -0.15) is 0 Å². The summed E-state index contributed by atoms with van der Waals surface area (Å²) in [5, 5.41) is 0. The Labute approximate surface area is 124 Å². The van der Waals surface area contributed by atoms with Crippen molar-refractivity contribution in [3.8, 4) is 0 Å². The van der Waals surface area contributed by atoms with Gasteiger partial charge >= 0.3 is 5.97 Å². The summed E-state index contributed by atoms with van der Waals surface area (Å²) in [6.45, 7) is 4.26. The standard InChI is InChI=1S/C15H22O6/c1-3-19-13(18)14(6-4-11(2)16)10-15(7-5-12(14)17)20-8-9-21-15/h3-10H2,1-2H3/t14-/m0/s1. The third kappa shape index (κ3) is 3.16. The Balaban J connectivity index is 2.27. The molecule has 0 amide bonds. The minimum absolute atomic E-state index is 0.0562. The molecule has 1 heterocycles. The van der Waals surface area contributed by atoms with Crippen LogP contribution in [0.2, 0.25) is 0 Å². The van der Waals surface area contributed by atoms with Gasteiger partial charge in [0.1, 0.15) is 11.2 Å². The van der Waals surface area contributed by atoms with Crippen molar-refractivity contribution in [2.24, 2.45) is 5.41 Å². The predicted octanol–water partition coefficient (Wildman–Crippen LogP) is 1.40. The number of Topliss-reactive ketones (excluding diaryl/α,β-unsaturated/α-hetero) is 2. The van der Waals surface area contributed by atoms with E-state index >= 15 is 0 Å². The number of hydrogen-bond acceptors (Lipinski definition) is 6. The van der Waals surface area contributed by atoms with E-state index in [4.69, 9.17) is 14.2 Å². The van der Waals surface area contributed by atoms with Gasteiger partial charge in [0.25, 0.3) is 0 Å². The first-order valence-electron chi connectivity index (χ1n) is 7.42.